The highest BCUT2D eigenvalue weighted by atomic mass is 16.6. The second kappa shape index (κ2) is 10.3. The van der Waals surface area contributed by atoms with Gasteiger partial charge in [0, 0.05) is 19.7 Å². The number of methoxy groups -OCH3 is 1. The summed E-state index contributed by atoms with van der Waals surface area (Å²) < 4.78 is 10.5. The molecule has 0 bridgehead atoms. The van der Waals surface area contributed by atoms with E-state index in [0.717, 1.165) is 0 Å². The Labute approximate surface area is 161 Å². The summed E-state index contributed by atoms with van der Waals surface area (Å²) in [6, 6.07) is -1.43. The fraction of sp³-hybridized carbons (Fsp3) is 0.737. The molecule has 0 unspecified atom stereocenters. The van der Waals surface area contributed by atoms with E-state index in [-0.39, 0.29) is 11.5 Å². The standard InChI is InChI=1S/C19H34N2O6/c1-11(2)14(10-12(3)17(23)24)21(8)16(22)15(13(4)26-9)20-18(25)27-19(5,6)7/h10-11,13-15H,1-9H3,(H,20,25)(H,23,24)/t13-,14+,15-/m0/s1. The van der Waals surface area contributed by atoms with Crippen LogP contribution in [0, 0.1) is 5.92 Å². The summed E-state index contributed by atoms with van der Waals surface area (Å²) >= 11 is 0. The van der Waals surface area contributed by atoms with Crippen LogP contribution in [0.5, 0.6) is 0 Å². The maximum absolute atomic E-state index is 13.0. The van der Waals surface area contributed by atoms with Crippen molar-refractivity contribution < 1.29 is 29.0 Å². The van der Waals surface area contributed by atoms with Crippen LogP contribution in [0.2, 0.25) is 0 Å². The second-order valence-corrected chi connectivity index (χ2v) is 7.90. The topological polar surface area (TPSA) is 105 Å². The molecule has 27 heavy (non-hydrogen) atoms. The molecule has 156 valence electrons. The van der Waals surface area contributed by atoms with Crippen molar-refractivity contribution in [2.75, 3.05) is 14.2 Å². The molecule has 0 heterocycles. The number of amides is 2. The average molecular weight is 386 g/mol. The molecular weight excluding hydrogens is 352 g/mol. The Balaban J connectivity index is 5.59. The number of carboxylic acid groups (broad SMARTS) is 1. The molecule has 2 amide bonds. The number of hydrogen-bond donors (Lipinski definition) is 2. The molecule has 0 aliphatic heterocycles. The first kappa shape index (κ1) is 24.9. The third-order valence-electron chi connectivity index (χ3n) is 4.02. The molecule has 0 fully saturated rings. The predicted molar refractivity (Wildman–Crippen MR) is 102 cm³/mol. The van der Waals surface area contributed by atoms with Gasteiger partial charge in [-0.05, 0) is 40.5 Å². The third kappa shape index (κ3) is 8.43. The van der Waals surface area contributed by atoms with Crippen LogP contribution in [0.15, 0.2) is 11.6 Å². The fourth-order valence-corrected chi connectivity index (χ4v) is 2.40. The summed E-state index contributed by atoms with van der Waals surface area (Å²) in [5, 5.41) is 11.7. The maximum Gasteiger partial charge on any atom is 0.408 e. The molecule has 0 rings (SSSR count). The fourth-order valence-electron chi connectivity index (χ4n) is 2.40. The zero-order chi connectivity index (χ0) is 21.5. The first-order chi connectivity index (χ1) is 12.2. The van der Waals surface area contributed by atoms with Crippen molar-refractivity contribution in [3.05, 3.63) is 11.6 Å². The Hall–Kier alpha value is -2.09. The number of hydrogen-bond acceptors (Lipinski definition) is 5. The zero-order valence-electron chi connectivity index (χ0n) is 17.8. The van der Waals surface area contributed by atoms with Crippen LogP contribution < -0.4 is 5.32 Å². The Kier molecular flexibility index (Phi) is 9.50. The number of ether oxygens (including phenoxy) is 2. The van der Waals surface area contributed by atoms with Gasteiger partial charge in [-0.15, -0.1) is 0 Å². The molecule has 0 saturated carbocycles. The largest absolute Gasteiger partial charge is 0.478 e. The number of alkyl carbamates (subject to hydrolysis) is 1. The van der Waals surface area contributed by atoms with Crippen molar-refractivity contribution in [2.24, 2.45) is 5.92 Å². The van der Waals surface area contributed by atoms with Crippen LogP contribution >= 0.6 is 0 Å². The maximum atomic E-state index is 13.0. The highest BCUT2D eigenvalue weighted by Crippen LogP contribution is 2.16. The van der Waals surface area contributed by atoms with E-state index in [1.807, 2.05) is 13.8 Å². The highest BCUT2D eigenvalue weighted by molar-refractivity contribution is 5.88. The van der Waals surface area contributed by atoms with Gasteiger partial charge < -0.3 is 24.8 Å². The van der Waals surface area contributed by atoms with Crippen molar-refractivity contribution in [3.8, 4) is 0 Å². The van der Waals surface area contributed by atoms with Crippen molar-refractivity contribution in [2.45, 2.75) is 72.3 Å². The van der Waals surface area contributed by atoms with Crippen LogP contribution in [0.4, 0.5) is 4.79 Å². The molecule has 0 saturated heterocycles. The minimum atomic E-state index is -1.05. The minimum Gasteiger partial charge on any atom is -0.478 e. The van der Waals surface area contributed by atoms with Crippen LogP contribution in [0.1, 0.15) is 48.5 Å². The summed E-state index contributed by atoms with van der Waals surface area (Å²) in [5.41, 5.74) is -0.563. The molecule has 0 aliphatic rings. The van der Waals surface area contributed by atoms with Gasteiger partial charge in [0.05, 0.1) is 12.1 Å². The van der Waals surface area contributed by atoms with Crippen LogP contribution in [0.25, 0.3) is 0 Å². The van der Waals surface area contributed by atoms with Gasteiger partial charge in [0.2, 0.25) is 5.91 Å². The lowest BCUT2D eigenvalue weighted by Gasteiger charge is -2.34. The first-order valence-corrected chi connectivity index (χ1v) is 8.92. The van der Waals surface area contributed by atoms with Crippen molar-refractivity contribution in [3.63, 3.8) is 0 Å². The number of carboxylic acids is 1. The summed E-state index contributed by atoms with van der Waals surface area (Å²) in [4.78, 5) is 37.8. The van der Waals surface area contributed by atoms with E-state index >= 15 is 0 Å². The quantitative estimate of drug-likeness (QED) is 0.621. The monoisotopic (exact) mass is 386 g/mol. The highest BCUT2D eigenvalue weighted by Gasteiger charge is 2.34. The molecule has 0 spiro atoms. The number of nitrogens with zero attached hydrogens (tertiary/aromatic N) is 1. The van der Waals surface area contributed by atoms with E-state index in [1.165, 1.54) is 25.0 Å². The molecule has 8 heteroatoms. The average Bonchev–Trinajstić information content (AvgIpc) is 2.53. The number of likely N-dealkylation sites (N-methyl/N-ethyl adjacent to an activating group) is 1. The molecular formula is C19H34N2O6. The van der Waals surface area contributed by atoms with E-state index in [2.05, 4.69) is 5.32 Å². The second-order valence-electron chi connectivity index (χ2n) is 7.90. The summed E-state index contributed by atoms with van der Waals surface area (Å²) in [7, 11) is 3.01. The zero-order valence-corrected chi connectivity index (χ0v) is 17.8. The summed E-state index contributed by atoms with van der Waals surface area (Å²) in [6.07, 6.45) is 0.203. The van der Waals surface area contributed by atoms with Gasteiger partial charge in [-0.2, -0.15) is 0 Å². The van der Waals surface area contributed by atoms with E-state index in [4.69, 9.17) is 14.6 Å². The van der Waals surface area contributed by atoms with Crippen molar-refractivity contribution in [1.29, 1.82) is 0 Å². The van der Waals surface area contributed by atoms with Gasteiger partial charge in [0.1, 0.15) is 11.6 Å². The van der Waals surface area contributed by atoms with E-state index < -0.39 is 41.8 Å². The van der Waals surface area contributed by atoms with Crippen molar-refractivity contribution >= 4 is 18.0 Å². The number of nitrogens with one attached hydrogen (secondary N) is 1. The van der Waals surface area contributed by atoms with Gasteiger partial charge in [0.15, 0.2) is 0 Å². The Bertz CT molecular complexity index is 565. The number of aliphatic carboxylic acids is 1. The molecule has 0 aliphatic carbocycles. The van der Waals surface area contributed by atoms with Crippen LogP contribution in [-0.2, 0) is 19.1 Å². The third-order valence-corrected chi connectivity index (χ3v) is 4.02. The number of rotatable bonds is 8. The molecule has 0 aromatic carbocycles. The molecule has 8 nitrogen and oxygen atoms in total. The van der Waals surface area contributed by atoms with Crippen LogP contribution in [0.3, 0.4) is 0 Å². The molecule has 0 aromatic rings. The predicted octanol–water partition coefficient (Wildman–Crippen LogP) is 2.43. The minimum absolute atomic E-state index is 0.0340. The smallest absolute Gasteiger partial charge is 0.408 e. The Morgan fingerprint density at radius 2 is 1.67 bits per heavy atom. The van der Waals surface area contributed by atoms with E-state index in [1.54, 1.807) is 34.7 Å². The molecule has 0 radical (unpaired) electrons. The Morgan fingerprint density at radius 1 is 1.15 bits per heavy atom. The molecule has 2 N–H and O–H groups in total. The Morgan fingerprint density at radius 3 is 2.04 bits per heavy atom. The van der Waals surface area contributed by atoms with E-state index in [9.17, 15) is 14.4 Å². The van der Waals surface area contributed by atoms with Gasteiger partial charge in [-0.25, -0.2) is 9.59 Å². The van der Waals surface area contributed by atoms with Gasteiger partial charge in [-0.3, -0.25) is 4.79 Å². The lowest BCUT2D eigenvalue weighted by Crippen LogP contribution is -2.56. The summed E-state index contributed by atoms with van der Waals surface area (Å²) in [6.45, 7) is 12.1. The lowest BCUT2D eigenvalue weighted by molar-refractivity contribution is -0.138. The molecule has 3 atom stereocenters. The molecule has 0 aromatic heterocycles. The number of carbonyl (C=O) groups is 3. The van der Waals surface area contributed by atoms with E-state index in [0.29, 0.717) is 0 Å². The van der Waals surface area contributed by atoms with Crippen LogP contribution in [-0.4, -0.2) is 65.9 Å². The van der Waals surface area contributed by atoms with Gasteiger partial charge >= 0.3 is 12.1 Å². The SMILES string of the molecule is CO[C@@H](C)[C@H](NC(=O)OC(C)(C)C)C(=O)N(C)[C@H](C=C(C)C(=O)O)C(C)C. The van der Waals surface area contributed by atoms with Gasteiger partial charge in [0.25, 0.3) is 0 Å². The lowest BCUT2D eigenvalue weighted by atomic mass is 9.98. The number of carbonyl (C=O) groups excluding carboxylic acids is 2. The van der Waals surface area contributed by atoms with Crippen molar-refractivity contribution in [1.82, 2.24) is 10.2 Å². The normalized spacial score (nSPS) is 15.7. The van der Waals surface area contributed by atoms with Gasteiger partial charge in [-0.1, -0.05) is 19.9 Å². The summed E-state index contributed by atoms with van der Waals surface area (Å²) in [5.74, 6) is -1.48. The first-order valence-electron chi connectivity index (χ1n) is 8.92.